The summed E-state index contributed by atoms with van der Waals surface area (Å²) in [6.07, 6.45) is 35.2. The lowest BCUT2D eigenvalue weighted by Gasteiger charge is -2.37. The van der Waals surface area contributed by atoms with Crippen LogP contribution < -0.4 is 0 Å². The first-order valence-electron chi connectivity index (χ1n) is 14.5. The molecule has 0 saturated heterocycles. The fourth-order valence-corrected chi connectivity index (χ4v) is 7.11. The van der Waals surface area contributed by atoms with Gasteiger partial charge in [-0.25, -0.2) is 0 Å². The third-order valence-corrected chi connectivity index (χ3v) is 9.35. The maximum Gasteiger partial charge on any atom is -0.0233 e. The standard InChI is InChI=1S/C30H54/c1-3-5-7-9-25-11-13-27(14-12-25)15-16-28-19-23-30(24-20-28)29-21-17-26(18-22-29)10-8-6-4-2/h15-16,25-30H,3-14,17-24H2,1-2H3/b16-15+. The van der Waals surface area contributed by atoms with Gasteiger partial charge in [0, 0.05) is 0 Å². The average Bonchev–Trinajstić information content (AvgIpc) is 2.80. The Morgan fingerprint density at radius 1 is 0.467 bits per heavy atom. The lowest BCUT2D eigenvalue weighted by Crippen LogP contribution is -2.25. The third-order valence-electron chi connectivity index (χ3n) is 9.35. The fraction of sp³-hybridized carbons (Fsp3) is 0.933. The summed E-state index contributed by atoms with van der Waals surface area (Å²) in [7, 11) is 0. The summed E-state index contributed by atoms with van der Waals surface area (Å²) in [6.45, 7) is 4.66. The Morgan fingerprint density at radius 2 is 0.833 bits per heavy atom. The average molecular weight is 415 g/mol. The van der Waals surface area contributed by atoms with Crippen LogP contribution in [-0.2, 0) is 0 Å². The zero-order chi connectivity index (χ0) is 21.0. The molecule has 3 fully saturated rings. The first-order valence-corrected chi connectivity index (χ1v) is 14.5. The number of unbranched alkanes of at least 4 members (excludes halogenated alkanes) is 4. The number of allylic oxidation sites excluding steroid dienone is 2. The van der Waals surface area contributed by atoms with Crippen molar-refractivity contribution in [3.8, 4) is 0 Å². The molecule has 0 nitrogen and oxygen atoms in total. The molecule has 0 aromatic carbocycles. The SMILES string of the molecule is CCCCCC1CCC(/C=C/C2CCC(C3CCC(CCCCC)CC3)CC2)CC1. The lowest BCUT2D eigenvalue weighted by atomic mass is 9.68. The maximum absolute atomic E-state index is 2.67. The van der Waals surface area contributed by atoms with Crippen LogP contribution in [0.1, 0.15) is 142 Å². The fourth-order valence-electron chi connectivity index (χ4n) is 7.11. The van der Waals surface area contributed by atoms with Gasteiger partial charge in [0.25, 0.3) is 0 Å². The molecule has 0 amide bonds. The largest absolute Gasteiger partial charge is 0.0851 e. The second-order valence-electron chi connectivity index (χ2n) is 11.6. The summed E-state index contributed by atoms with van der Waals surface area (Å²) in [5, 5.41) is 0. The highest BCUT2D eigenvalue weighted by Crippen LogP contribution is 2.43. The summed E-state index contributed by atoms with van der Waals surface area (Å²) in [5.41, 5.74) is 0. The Balaban J connectivity index is 1.27. The summed E-state index contributed by atoms with van der Waals surface area (Å²) in [4.78, 5) is 0. The first-order chi connectivity index (χ1) is 14.8. The van der Waals surface area contributed by atoms with Crippen LogP contribution in [-0.4, -0.2) is 0 Å². The van der Waals surface area contributed by atoms with E-state index in [0.717, 1.165) is 35.5 Å². The molecule has 3 saturated carbocycles. The van der Waals surface area contributed by atoms with Gasteiger partial charge >= 0.3 is 0 Å². The van der Waals surface area contributed by atoms with Crippen LogP contribution in [0.15, 0.2) is 12.2 Å². The van der Waals surface area contributed by atoms with Gasteiger partial charge in [0.05, 0.1) is 0 Å². The van der Waals surface area contributed by atoms with E-state index in [2.05, 4.69) is 26.0 Å². The summed E-state index contributed by atoms with van der Waals surface area (Å²) in [5.74, 6) is 6.11. The van der Waals surface area contributed by atoms with Crippen molar-refractivity contribution in [1.82, 2.24) is 0 Å². The highest BCUT2D eigenvalue weighted by atomic mass is 14.4. The molecule has 0 bridgehead atoms. The maximum atomic E-state index is 2.67. The molecule has 0 aromatic rings. The van der Waals surface area contributed by atoms with Crippen molar-refractivity contribution in [2.24, 2.45) is 35.5 Å². The molecule has 30 heavy (non-hydrogen) atoms. The molecule has 3 rings (SSSR count). The van der Waals surface area contributed by atoms with Crippen molar-refractivity contribution in [2.75, 3.05) is 0 Å². The van der Waals surface area contributed by atoms with E-state index in [4.69, 9.17) is 0 Å². The number of rotatable bonds is 11. The van der Waals surface area contributed by atoms with E-state index < -0.39 is 0 Å². The Kier molecular flexibility index (Phi) is 11.4. The lowest BCUT2D eigenvalue weighted by molar-refractivity contribution is 0.151. The van der Waals surface area contributed by atoms with Gasteiger partial charge in [0.15, 0.2) is 0 Å². The molecular weight excluding hydrogens is 360 g/mol. The molecule has 0 aliphatic heterocycles. The monoisotopic (exact) mass is 414 g/mol. The predicted octanol–water partition coefficient (Wildman–Crippen LogP) is 10.1. The smallest absolute Gasteiger partial charge is 0.0233 e. The molecule has 0 heteroatoms. The van der Waals surface area contributed by atoms with E-state index in [0.29, 0.717) is 0 Å². The second-order valence-corrected chi connectivity index (χ2v) is 11.6. The summed E-state index contributed by atoms with van der Waals surface area (Å²) >= 11 is 0. The second kappa shape index (κ2) is 14.0. The van der Waals surface area contributed by atoms with Crippen molar-refractivity contribution >= 4 is 0 Å². The van der Waals surface area contributed by atoms with Gasteiger partial charge in [0.2, 0.25) is 0 Å². The van der Waals surface area contributed by atoms with Crippen molar-refractivity contribution in [3.63, 3.8) is 0 Å². The van der Waals surface area contributed by atoms with Gasteiger partial charge in [-0.1, -0.05) is 90.2 Å². The van der Waals surface area contributed by atoms with Gasteiger partial charge in [-0.05, 0) is 99.7 Å². The van der Waals surface area contributed by atoms with Crippen molar-refractivity contribution in [3.05, 3.63) is 12.2 Å². The Labute approximate surface area is 190 Å². The van der Waals surface area contributed by atoms with E-state index in [1.165, 1.54) is 103 Å². The van der Waals surface area contributed by atoms with Crippen molar-refractivity contribution < 1.29 is 0 Å². The molecular formula is C30H54. The zero-order valence-corrected chi connectivity index (χ0v) is 20.8. The van der Waals surface area contributed by atoms with Crippen LogP contribution in [0.5, 0.6) is 0 Å². The summed E-state index contributed by atoms with van der Waals surface area (Å²) < 4.78 is 0. The third kappa shape index (κ3) is 8.35. The molecule has 3 aliphatic rings. The van der Waals surface area contributed by atoms with Gasteiger partial charge in [0.1, 0.15) is 0 Å². The normalized spacial score (nSPS) is 35.7. The van der Waals surface area contributed by atoms with Gasteiger partial charge in [-0.15, -0.1) is 0 Å². The van der Waals surface area contributed by atoms with E-state index in [1.54, 1.807) is 25.7 Å². The quantitative estimate of drug-likeness (QED) is 0.233. The predicted molar refractivity (Wildman–Crippen MR) is 134 cm³/mol. The molecule has 3 aliphatic carbocycles. The summed E-state index contributed by atoms with van der Waals surface area (Å²) in [6, 6.07) is 0. The molecule has 0 atom stereocenters. The minimum atomic E-state index is 0.910. The van der Waals surface area contributed by atoms with Crippen molar-refractivity contribution in [2.45, 2.75) is 142 Å². The highest BCUT2D eigenvalue weighted by Gasteiger charge is 2.30. The first kappa shape index (κ1) is 24.4. The topological polar surface area (TPSA) is 0 Å². The highest BCUT2D eigenvalue weighted by molar-refractivity contribution is 4.97. The number of hydrogen-bond donors (Lipinski definition) is 0. The van der Waals surface area contributed by atoms with Crippen LogP contribution >= 0.6 is 0 Å². The van der Waals surface area contributed by atoms with Crippen LogP contribution in [0.4, 0.5) is 0 Å². The van der Waals surface area contributed by atoms with Crippen LogP contribution in [0, 0.1) is 35.5 Å². The van der Waals surface area contributed by atoms with E-state index in [-0.39, 0.29) is 0 Å². The van der Waals surface area contributed by atoms with Crippen LogP contribution in [0.2, 0.25) is 0 Å². The molecule has 0 aromatic heterocycles. The van der Waals surface area contributed by atoms with Crippen molar-refractivity contribution in [1.29, 1.82) is 0 Å². The van der Waals surface area contributed by atoms with Gasteiger partial charge < -0.3 is 0 Å². The van der Waals surface area contributed by atoms with E-state index in [9.17, 15) is 0 Å². The van der Waals surface area contributed by atoms with Gasteiger partial charge in [-0.2, -0.15) is 0 Å². The molecule has 0 heterocycles. The molecule has 174 valence electrons. The van der Waals surface area contributed by atoms with Crippen LogP contribution in [0.3, 0.4) is 0 Å². The molecule has 0 spiro atoms. The molecule has 0 unspecified atom stereocenters. The molecule has 0 N–H and O–H groups in total. The minimum Gasteiger partial charge on any atom is -0.0851 e. The Morgan fingerprint density at radius 3 is 1.27 bits per heavy atom. The van der Waals surface area contributed by atoms with E-state index >= 15 is 0 Å². The molecule has 0 radical (unpaired) electrons. The Bertz CT molecular complexity index is 439. The number of hydrogen-bond acceptors (Lipinski definition) is 0. The van der Waals surface area contributed by atoms with Crippen LogP contribution in [0.25, 0.3) is 0 Å². The zero-order valence-electron chi connectivity index (χ0n) is 20.8. The minimum absolute atomic E-state index is 0.910. The Hall–Kier alpha value is -0.260. The van der Waals surface area contributed by atoms with Gasteiger partial charge in [-0.3, -0.25) is 0 Å². The van der Waals surface area contributed by atoms with E-state index in [1.807, 2.05) is 0 Å².